The quantitative estimate of drug-likeness (QED) is 0.909. The second kappa shape index (κ2) is 6.39. The summed E-state index contributed by atoms with van der Waals surface area (Å²) in [6.07, 6.45) is 2.77. The number of halogens is 2. The Kier molecular flexibility index (Phi) is 5.45. The molecule has 2 rings (SSSR count). The van der Waals surface area contributed by atoms with E-state index in [2.05, 4.69) is 39.4 Å². The van der Waals surface area contributed by atoms with Gasteiger partial charge >= 0.3 is 0 Å². The monoisotopic (exact) mass is 314 g/mol. The molecule has 1 aliphatic heterocycles. The maximum Gasteiger partial charge on any atom is 0.0694 e. The van der Waals surface area contributed by atoms with Crippen LogP contribution in [-0.4, -0.2) is 13.1 Å². The van der Waals surface area contributed by atoms with Gasteiger partial charge in [-0.05, 0) is 50.0 Å². The van der Waals surface area contributed by atoms with E-state index in [0.29, 0.717) is 0 Å². The summed E-state index contributed by atoms with van der Waals surface area (Å²) in [6, 6.07) is 10.8. The third-order valence-electron chi connectivity index (χ3n) is 3.23. The molecule has 1 fully saturated rings. The zero-order chi connectivity index (χ0) is 11.4. The Bertz CT molecular complexity index is 408. The van der Waals surface area contributed by atoms with E-state index in [9.17, 15) is 5.26 Å². The van der Waals surface area contributed by atoms with Crippen LogP contribution in [0, 0.1) is 16.7 Å². The van der Waals surface area contributed by atoms with Crippen molar-refractivity contribution >= 4 is 28.3 Å². The predicted octanol–water partition coefficient (Wildman–Crippen LogP) is 3.31. The van der Waals surface area contributed by atoms with Crippen molar-refractivity contribution in [2.45, 2.75) is 19.3 Å². The van der Waals surface area contributed by atoms with Crippen LogP contribution in [-0.2, 0) is 6.42 Å². The Labute approximate surface area is 117 Å². The second-order valence-electron chi connectivity index (χ2n) is 4.45. The number of piperidine rings is 1. The molecule has 1 N–H and O–H groups in total. The first-order chi connectivity index (χ1) is 7.74. The second-order valence-corrected chi connectivity index (χ2v) is 5.36. The summed E-state index contributed by atoms with van der Waals surface area (Å²) in [7, 11) is 0. The molecule has 1 saturated heterocycles. The molecule has 0 bridgehead atoms. The zero-order valence-electron chi connectivity index (χ0n) is 9.58. The van der Waals surface area contributed by atoms with E-state index in [4.69, 9.17) is 0 Å². The van der Waals surface area contributed by atoms with Gasteiger partial charge in [-0.2, -0.15) is 5.26 Å². The van der Waals surface area contributed by atoms with E-state index in [1.54, 1.807) is 0 Å². The van der Waals surface area contributed by atoms with Crippen LogP contribution < -0.4 is 5.32 Å². The van der Waals surface area contributed by atoms with Gasteiger partial charge in [-0.3, -0.25) is 0 Å². The number of rotatable bonds is 2. The molecule has 0 unspecified atom stereocenters. The van der Waals surface area contributed by atoms with E-state index < -0.39 is 0 Å². The molecule has 92 valence electrons. The molecule has 0 radical (unpaired) electrons. The van der Waals surface area contributed by atoms with E-state index in [-0.39, 0.29) is 17.8 Å². The maximum absolute atomic E-state index is 9.38. The van der Waals surface area contributed by atoms with Crippen molar-refractivity contribution in [3.63, 3.8) is 0 Å². The SMILES string of the molecule is Cl.N#CC1(Cc2cccc(Br)c2)CCNCC1. The molecule has 1 aromatic rings. The van der Waals surface area contributed by atoms with Gasteiger partial charge in [0.15, 0.2) is 0 Å². The molecular formula is C13H16BrClN2. The fourth-order valence-corrected chi connectivity index (χ4v) is 2.72. The Morgan fingerprint density at radius 1 is 1.35 bits per heavy atom. The van der Waals surface area contributed by atoms with Crippen molar-refractivity contribution in [1.82, 2.24) is 5.32 Å². The van der Waals surface area contributed by atoms with Gasteiger partial charge in [-0.1, -0.05) is 28.1 Å². The minimum atomic E-state index is -0.161. The van der Waals surface area contributed by atoms with Gasteiger partial charge in [0, 0.05) is 4.47 Å². The molecule has 17 heavy (non-hydrogen) atoms. The molecule has 0 amide bonds. The van der Waals surface area contributed by atoms with Gasteiger partial charge in [0.25, 0.3) is 0 Å². The average molecular weight is 316 g/mol. The van der Waals surface area contributed by atoms with Crippen LogP contribution >= 0.6 is 28.3 Å². The summed E-state index contributed by atoms with van der Waals surface area (Å²) in [5.74, 6) is 0. The summed E-state index contributed by atoms with van der Waals surface area (Å²) in [5, 5.41) is 12.7. The highest BCUT2D eigenvalue weighted by Gasteiger charge is 2.32. The van der Waals surface area contributed by atoms with Gasteiger partial charge in [0.05, 0.1) is 11.5 Å². The summed E-state index contributed by atoms with van der Waals surface area (Å²) in [5.41, 5.74) is 1.09. The minimum absolute atomic E-state index is 0. The summed E-state index contributed by atoms with van der Waals surface area (Å²) in [6.45, 7) is 1.92. The lowest BCUT2D eigenvalue weighted by Gasteiger charge is -2.31. The lowest BCUT2D eigenvalue weighted by atomic mass is 9.75. The van der Waals surface area contributed by atoms with Crippen LogP contribution in [0.5, 0.6) is 0 Å². The molecule has 0 atom stereocenters. The van der Waals surface area contributed by atoms with Crippen molar-refractivity contribution in [1.29, 1.82) is 5.26 Å². The third-order valence-corrected chi connectivity index (χ3v) is 3.72. The Morgan fingerprint density at radius 3 is 2.65 bits per heavy atom. The summed E-state index contributed by atoms with van der Waals surface area (Å²) >= 11 is 3.47. The van der Waals surface area contributed by atoms with Gasteiger partial charge in [-0.25, -0.2) is 0 Å². The van der Waals surface area contributed by atoms with Crippen molar-refractivity contribution in [3.05, 3.63) is 34.3 Å². The number of nitrogens with one attached hydrogen (secondary N) is 1. The largest absolute Gasteiger partial charge is 0.317 e. The Hall–Kier alpha value is -0.560. The van der Waals surface area contributed by atoms with Gasteiger partial charge in [0.1, 0.15) is 0 Å². The Balaban J connectivity index is 0.00000144. The lowest BCUT2D eigenvalue weighted by Crippen LogP contribution is -2.37. The highest BCUT2D eigenvalue weighted by molar-refractivity contribution is 9.10. The third kappa shape index (κ3) is 3.70. The smallest absolute Gasteiger partial charge is 0.0694 e. The first-order valence-corrected chi connectivity index (χ1v) is 6.40. The molecule has 0 saturated carbocycles. The van der Waals surface area contributed by atoms with E-state index in [0.717, 1.165) is 36.8 Å². The highest BCUT2D eigenvalue weighted by atomic mass is 79.9. The van der Waals surface area contributed by atoms with Crippen LogP contribution in [0.1, 0.15) is 18.4 Å². The summed E-state index contributed by atoms with van der Waals surface area (Å²) in [4.78, 5) is 0. The number of hydrogen-bond donors (Lipinski definition) is 1. The molecule has 1 aromatic carbocycles. The number of nitriles is 1. The van der Waals surface area contributed by atoms with Crippen molar-refractivity contribution in [2.24, 2.45) is 5.41 Å². The normalized spacial score (nSPS) is 17.9. The summed E-state index contributed by atoms with van der Waals surface area (Å²) < 4.78 is 1.09. The standard InChI is InChI=1S/C13H15BrN2.ClH/c14-12-3-1-2-11(8-12)9-13(10-15)4-6-16-7-5-13;/h1-3,8,16H,4-7,9H2;1H. The molecule has 4 heteroatoms. The van der Waals surface area contributed by atoms with Crippen LogP contribution in [0.3, 0.4) is 0 Å². The van der Waals surface area contributed by atoms with Crippen LogP contribution in [0.4, 0.5) is 0 Å². The Morgan fingerprint density at radius 2 is 2.06 bits per heavy atom. The van der Waals surface area contributed by atoms with Crippen LogP contribution in [0.2, 0.25) is 0 Å². The van der Waals surface area contributed by atoms with Crippen molar-refractivity contribution in [2.75, 3.05) is 13.1 Å². The van der Waals surface area contributed by atoms with E-state index >= 15 is 0 Å². The molecule has 0 aliphatic carbocycles. The first kappa shape index (κ1) is 14.5. The molecule has 1 heterocycles. The number of hydrogen-bond acceptors (Lipinski definition) is 2. The van der Waals surface area contributed by atoms with Gasteiger partial charge < -0.3 is 5.32 Å². The molecule has 0 spiro atoms. The molecule has 2 nitrogen and oxygen atoms in total. The predicted molar refractivity (Wildman–Crippen MR) is 75.2 cm³/mol. The molecule has 0 aromatic heterocycles. The number of benzene rings is 1. The zero-order valence-corrected chi connectivity index (χ0v) is 12.0. The first-order valence-electron chi connectivity index (χ1n) is 5.61. The number of nitrogens with zero attached hydrogens (tertiary/aromatic N) is 1. The highest BCUT2D eigenvalue weighted by Crippen LogP contribution is 2.32. The fourth-order valence-electron chi connectivity index (χ4n) is 2.27. The van der Waals surface area contributed by atoms with Crippen LogP contribution in [0.15, 0.2) is 28.7 Å². The van der Waals surface area contributed by atoms with Crippen LogP contribution in [0.25, 0.3) is 0 Å². The van der Waals surface area contributed by atoms with Crippen molar-refractivity contribution in [3.8, 4) is 6.07 Å². The molecular weight excluding hydrogens is 300 g/mol. The minimum Gasteiger partial charge on any atom is -0.317 e. The maximum atomic E-state index is 9.38. The van der Waals surface area contributed by atoms with Crippen molar-refractivity contribution < 1.29 is 0 Å². The van der Waals surface area contributed by atoms with E-state index in [1.165, 1.54) is 5.56 Å². The average Bonchev–Trinajstić information content (AvgIpc) is 2.30. The lowest BCUT2D eigenvalue weighted by molar-refractivity contribution is 0.280. The van der Waals surface area contributed by atoms with E-state index in [1.807, 2.05) is 12.1 Å². The fraction of sp³-hybridized carbons (Fsp3) is 0.462. The molecule has 1 aliphatic rings. The topological polar surface area (TPSA) is 35.8 Å². The van der Waals surface area contributed by atoms with Gasteiger partial charge in [0.2, 0.25) is 0 Å². The van der Waals surface area contributed by atoms with Gasteiger partial charge in [-0.15, -0.1) is 12.4 Å².